The Kier molecular flexibility index (Phi) is 4.24. The normalized spacial score (nSPS) is 10.5. The van der Waals surface area contributed by atoms with Gasteiger partial charge in [-0.05, 0) is 30.3 Å². The van der Waals surface area contributed by atoms with Gasteiger partial charge in [0.05, 0.1) is 13.3 Å². The average Bonchev–Trinajstić information content (AvgIpc) is 3.07. The Bertz CT molecular complexity index is 893. The third kappa shape index (κ3) is 3.10. The molecule has 0 atom stereocenters. The van der Waals surface area contributed by atoms with Gasteiger partial charge in [0.1, 0.15) is 11.3 Å². The largest absolute Gasteiger partial charge is 0.497 e. The van der Waals surface area contributed by atoms with Crippen molar-refractivity contribution in [3.63, 3.8) is 0 Å². The maximum Gasteiger partial charge on any atom is 0.261 e. The van der Waals surface area contributed by atoms with Crippen LogP contribution >= 0.6 is 0 Å². The van der Waals surface area contributed by atoms with Crippen LogP contribution in [-0.2, 0) is 0 Å². The van der Waals surface area contributed by atoms with Crippen molar-refractivity contribution in [2.75, 3.05) is 12.4 Å². The van der Waals surface area contributed by atoms with Gasteiger partial charge in [-0.25, -0.2) is 8.78 Å². The van der Waals surface area contributed by atoms with Crippen LogP contribution in [0, 0.1) is 11.6 Å². The van der Waals surface area contributed by atoms with Crippen molar-refractivity contribution in [1.29, 1.82) is 0 Å². The molecule has 0 aliphatic rings. The van der Waals surface area contributed by atoms with Crippen molar-refractivity contribution in [3.8, 4) is 17.1 Å². The number of amides is 1. The number of hydrogen-bond acceptors (Lipinski definition) is 4. The van der Waals surface area contributed by atoms with Crippen LogP contribution in [-0.4, -0.2) is 18.2 Å². The molecular formula is C17H12F2N2O3. The van der Waals surface area contributed by atoms with Crippen molar-refractivity contribution in [3.05, 3.63) is 65.9 Å². The monoisotopic (exact) mass is 330 g/mol. The third-order valence-corrected chi connectivity index (χ3v) is 3.32. The second kappa shape index (κ2) is 6.49. The molecule has 0 aliphatic heterocycles. The lowest BCUT2D eigenvalue weighted by Crippen LogP contribution is -2.12. The Labute approximate surface area is 135 Å². The van der Waals surface area contributed by atoms with E-state index < -0.39 is 17.5 Å². The van der Waals surface area contributed by atoms with Crippen LogP contribution in [0.15, 0.2) is 53.2 Å². The number of anilines is 1. The summed E-state index contributed by atoms with van der Waals surface area (Å²) < 4.78 is 36.5. The summed E-state index contributed by atoms with van der Waals surface area (Å²) in [4.78, 5) is 12.4. The molecule has 0 fully saturated rings. The summed E-state index contributed by atoms with van der Waals surface area (Å²) in [7, 11) is 1.52. The van der Waals surface area contributed by atoms with Gasteiger partial charge >= 0.3 is 0 Å². The number of benzene rings is 2. The number of methoxy groups -OCH3 is 1. The molecule has 1 N–H and O–H groups in total. The predicted molar refractivity (Wildman–Crippen MR) is 82.8 cm³/mol. The molecule has 0 aliphatic carbocycles. The van der Waals surface area contributed by atoms with Crippen LogP contribution in [0.1, 0.15) is 10.4 Å². The maximum atomic E-state index is 13.4. The van der Waals surface area contributed by atoms with Crippen LogP contribution in [0.4, 0.5) is 14.5 Å². The molecule has 5 nitrogen and oxygen atoms in total. The highest BCUT2D eigenvalue weighted by molar-refractivity contribution is 6.07. The summed E-state index contributed by atoms with van der Waals surface area (Å²) in [5.41, 5.74) is 0.822. The number of nitrogens with one attached hydrogen (secondary N) is 1. The molecule has 0 unspecified atom stereocenters. The number of carbonyl (C=O) groups is 1. The summed E-state index contributed by atoms with van der Waals surface area (Å²) in [5, 5.41) is 6.24. The summed E-state index contributed by atoms with van der Waals surface area (Å²) in [6.45, 7) is 0. The average molecular weight is 330 g/mol. The first-order chi connectivity index (χ1) is 11.6. The van der Waals surface area contributed by atoms with Crippen molar-refractivity contribution in [1.82, 2.24) is 5.16 Å². The first-order valence-corrected chi connectivity index (χ1v) is 6.94. The summed E-state index contributed by atoms with van der Waals surface area (Å²) in [6.07, 6.45) is 1.21. The zero-order valence-electron chi connectivity index (χ0n) is 12.5. The van der Waals surface area contributed by atoms with Gasteiger partial charge in [0.2, 0.25) is 0 Å². The van der Waals surface area contributed by atoms with E-state index in [1.807, 2.05) is 0 Å². The minimum absolute atomic E-state index is 0.0503. The highest BCUT2D eigenvalue weighted by Gasteiger charge is 2.19. The first-order valence-electron chi connectivity index (χ1n) is 6.94. The molecule has 122 valence electrons. The second-order valence-corrected chi connectivity index (χ2v) is 4.88. The number of carbonyl (C=O) groups excluding carboxylic acids is 1. The number of rotatable bonds is 4. The molecule has 3 aromatic rings. The topological polar surface area (TPSA) is 64.4 Å². The molecule has 2 aromatic carbocycles. The predicted octanol–water partition coefficient (Wildman–Crippen LogP) is 3.88. The lowest BCUT2D eigenvalue weighted by molar-refractivity contribution is 0.102. The van der Waals surface area contributed by atoms with Gasteiger partial charge < -0.3 is 14.6 Å². The minimum atomic E-state index is -1.04. The van der Waals surface area contributed by atoms with E-state index >= 15 is 0 Å². The fourth-order valence-corrected chi connectivity index (χ4v) is 2.15. The fourth-order valence-electron chi connectivity index (χ4n) is 2.15. The van der Waals surface area contributed by atoms with Crippen LogP contribution in [0.25, 0.3) is 11.3 Å². The van der Waals surface area contributed by atoms with E-state index in [0.717, 1.165) is 12.1 Å². The minimum Gasteiger partial charge on any atom is -0.497 e. The van der Waals surface area contributed by atoms with Gasteiger partial charge in [-0.2, -0.15) is 0 Å². The smallest absolute Gasteiger partial charge is 0.261 e. The summed E-state index contributed by atoms with van der Waals surface area (Å²) in [6, 6.07) is 9.99. The van der Waals surface area contributed by atoms with Gasteiger partial charge in [0.15, 0.2) is 17.4 Å². The number of halogens is 2. The fraction of sp³-hybridized carbons (Fsp3) is 0.0588. The Balaban J connectivity index is 1.88. The Morgan fingerprint density at radius 1 is 1.17 bits per heavy atom. The van der Waals surface area contributed by atoms with E-state index in [-0.39, 0.29) is 16.9 Å². The number of nitrogens with zero attached hydrogens (tertiary/aromatic N) is 1. The zero-order chi connectivity index (χ0) is 17.1. The van der Waals surface area contributed by atoms with Gasteiger partial charge in [-0.1, -0.05) is 11.2 Å². The maximum absolute atomic E-state index is 13.4. The molecule has 1 heterocycles. The standard InChI is InChI=1S/C17H12F2N2O3/c1-23-12-4-2-3-11(8-12)21-17(22)13-9-20-24-16(13)10-5-6-14(18)15(19)7-10/h2-9H,1H3,(H,21,22). The highest BCUT2D eigenvalue weighted by Crippen LogP contribution is 2.26. The van der Waals surface area contributed by atoms with E-state index in [9.17, 15) is 13.6 Å². The van der Waals surface area contributed by atoms with Gasteiger partial charge in [-0.15, -0.1) is 0 Å². The third-order valence-electron chi connectivity index (χ3n) is 3.32. The molecular weight excluding hydrogens is 318 g/mol. The summed E-state index contributed by atoms with van der Waals surface area (Å²) in [5.74, 6) is -1.89. The number of hydrogen-bond donors (Lipinski definition) is 1. The molecule has 3 rings (SSSR count). The SMILES string of the molecule is COc1cccc(NC(=O)c2cnoc2-c2ccc(F)c(F)c2)c1. The Hall–Kier alpha value is -3.22. The number of ether oxygens (including phenoxy) is 1. The van der Waals surface area contributed by atoms with E-state index in [1.165, 1.54) is 19.4 Å². The van der Waals surface area contributed by atoms with E-state index in [1.54, 1.807) is 24.3 Å². The van der Waals surface area contributed by atoms with Crippen LogP contribution in [0.5, 0.6) is 5.75 Å². The van der Waals surface area contributed by atoms with Gasteiger partial charge in [0.25, 0.3) is 5.91 Å². The molecule has 0 radical (unpaired) electrons. The van der Waals surface area contributed by atoms with Gasteiger partial charge in [-0.3, -0.25) is 4.79 Å². The Morgan fingerprint density at radius 2 is 2.00 bits per heavy atom. The van der Waals surface area contributed by atoms with Crippen LogP contribution in [0.3, 0.4) is 0 Å². The highest BCUT2D eigenvalue weighted by atomic mass is 19.2. The summed E-state index contributed by atoms with van der Waals surface area (Å²) >= 11 is 0. The molecule has 1 amide bonds. The molecule has 7 heteroatoms. The first kappa shape index (κ1) is 15.7. The number of aromatic nitrogens is 1. The van der Waals surface area contributed by atoms with Crippen molar-refractivity contribution in [2.45, 2.75) is 0 Å². The van der Waals surface area contributed by atoms with Crippen molar-refractivity contribution < 1.29 is 22.8 Å². The molecule has 24 heavy (non-hydrogen) atoms. The molecule has 0 saturated carbocycles. The van der Waals surface area contributed by atoms with Gasteiger partial charge in [0, 0.05) is 17.3 Å². The lowest BCUT2D eigenvalue weighted by Gasteiger charge is -2.07. The van der Waals surface area contributed by atoms with Crippen molar-refractivity contribution in [2.24, 2.45) is 0 Å². The zero-order valence-corrected chi connectivity index (χ0v) is 12.5. The van der Waals surface area contributed by atoms with Crippen molar-refractivity contribution >= 4 is 11.6 Å². The molecule has 0 spiro atoms. The molecule has 0 bridgehead atoms. The lowest BCUT2D eigenvalue weighted by atomic mass is 10.1. The quantitative estimate of drug-likeness (QED) is 0.788. The van der Waals surface area contributed by atoms with E-state index in [4.69, 9.17) is 9.26 Å². The van der Waals surface area contributed by atoms with E-state index in [0.29, 0.717) is 11.4 Å². The van der Waals surface area contributed by atoms with Crippen LogP contribution < -0.4 is 10.1 Å². The second-order valence-electron chi connectivity index (χ2n) is 4.88. The molecule has 0 saturated heterocycles. The van der Waals surface area contributed by atoms with E-state index in [2.05, 4.69) is 10.5 Å². The Morgan fingerprint density at radius 3 is 2.75 bits per heavy atom. The van der Waals surface area contributed by atoms with Crippen LogP contribution in [0.2, 0.25) is 0 Å². The molecule has 1 aromatic heterocycles.